The fourth-order valence-corrected chi connectivity index (χ4v) is 2.30. The van der Waals surface area contributed by atoms with Crippen LogP contribution < -0.4 is 16.6 Å². The van der Waals surface area contributed by atoms with Gasteiger partial charge in [-0.1, -0.05) is 0 Å². The molecule has 1 saturated heterocycles. The molecule has 0 spiro atoms. The number of aliphatic hydroxyl groups excluding tert-OH is 1. The minimum atomic E-state index is -1.02. The van der Waals surface area contributed by atoms with E-state index in [4.69, 9.17) is 9.84 Å². The second kappa shape index (κ2) is 6.20. The van der Waals surface area contributed by atoms with Crippen LogP contribution in [0.3, 0.4) is 0 Å². The van der Waals surface area contributed by atoms with Gasteiger partial charge in [-0.3, -0.25) is 19.1 Å². The van der Waals surface area contributed by atoms with Gasteiger partial charge in [-0.15, -0.1) is 0 Å². The van der Waals surface area contributed by atoms with Gasteiger partial charge in [0.05, 0.1) is 19.3 Å². The average molecular weight is 299 g/mol. The third-order valence-electron chi connectivity index (χ3n) is 3.39. The van der Waals surface area contributed by atoms with E-state index in [1.54, 1.807) is 6.92 Å². The number of aryl methyl sites for hydroxylation is 1. The maximum absolute atomic E-state index is 11.8. The number of rotatable bonds is 5. The van der Waals surface area contributed by atoms with E-state index in [1.807, 2.05) is 0 Å². The summed E-state index contributed by atoms with van der Waals surface area (Å²) in [5.74, 6) is -1.02. The van der Waals surface area contributed by atoms with Crippen molar-refractivity contribution in [2.24, 2.45) is 0 Å². The molecular weight excluding hydrogens is 282 g/mol. The molecule has 0 aliphatic carbocycles. The van der Waals surface area contributed by atoms with E-state index in [9.17, 15) is 19.5 Å². The molecule has 9 nitrogen and oxygen atoms in total. The number of H-pyrrole nitrogens is 1. The van der Waals surface area contributed by atoms with Gasteiger partial charge in [0.25, 0.3) is 5.56 Å². The first-order valence-corrected chi connectivity index (χ1v) is 6.46. The third-order valence-corrected chi connectivity index (χ3v) is 3.39. The lowest BCUT2D eigenvalue weighted by Gasteiger charge is -2.16. The predicted molar refractivity (Wildman–Crippen MR) is 71.1 cm³/mol. The number of aliphatic carboxylic acids is 1. The Bertz CT molecular complexity index is 637. The highest BCUT2D eigenvalue weighted by molar-refractivity contribution is 5.69. The molecule has 4 N–H and O–H groups in total. The summed E-state index contributed by atoms with van der Waals surface area (Å²) < 4.78 is 6.79. The lowest BCUT2D eigenvalue weighted by atomic mass is 10.1. The molecule has 1 aliphatic rings. The van der Waals surface area contributed by atoms with Crippen molar-refractivity contribution in [1.29, 1.82) is 0 Å². The number of nitrogens with zero attached hydrogens (tertiary/aromatic N) is 1. The highest BCUT2D eigenvalue weighted by Gasteiger charge is 2.36. The number of aliphatic hydroxyl groups is 1. The van der Waals surface area contributed by atoms with Crippen LogP contribution in [0.25, 0.3) is 0 Å². The number of carbonyl (C=O) groups is 1. The maximum Gasteiger partial charge on any atom is 0.330 e. The second-order valence-electron chi connectivity index (χ2n) is 4.91. The van der Waals surface area contributed by atoms with Gasteiger partial charge in [-0.2, -0.15) is 0 Å². The van der Waals surface area contributed by atoms with Gasteiger partial charge in [0, 0.05) is 24.2 Å². The van der Waals surface area contributed by atoms with Crippen molar-refractivity contribution in [3.63, 3.8) is 0 Å². The van der Waals surface area contributed by atoms with E-state index in [0.717, 1.165) is 0 Å². The number of carboxylic acid groups (broad SMARTS) is 1. The van der Waals surface area contributed by atoms with E-state index in [2.05, 4.69) is 10.3 Å². The highest BCUT2D eigenvalue weighted by atomic mass is 16.5. The molecule has 116 valence electrons. The number of aromatic nitrogens is 2. The molecule has 0 bridgehead atoms. The Morgan fingerprint density at radius 1 is 1.57 bits per heavy atom. The molecule has 1 aliphatic heterocycles. The monoisotopic (exact) mass is 299 g/mol. The molecule has 0 aromatic carbocycles. The van der Waals surface area contributed by atoms with Crippen molar-refractivity contribution in [2.45, 2.75) is 31.7 Å². The first kappa shape index (κ1) is 15.4. The summed E-state index contributed by atoms with van der Waals surface area (Å²) >= 11 is 0. The van der Waals surface area contributed by atoms with Crippen molar-refractivity contribution in [1.82, 2.24) is 14.9 Å². The number of nitrogens with one attached hydrogen (secondary N) is 2. The molecule has 2 rings (SSSR count). The van der Waals surface area contributed by atoms with Crippen LogP contribution in [0.5, 0.6) is 0 Å². The molecule has 3 atom stereocenters. The Kier molecular flexibility index (Phi) is 4.56. The van der Waals surface area contributed by atoms with Crippen molar-refractivity contribution in [2.75, 3.05) is 13.2 Å². The molecule has 0 radical (unpaired) electrons. The molecule has 1 aromatic rings. The van der Waals surface area contributed by atoms with Gasteiger partial charge < -0.3 is 20.3 Å². The van der Waals surface area contributed by atoms with E-state index in [1.165, 1.54) is 10.8 Å². The summed E-state index contributed by atoms with van der Waals surface area (Å²) in [6.45, 7) is 0.995. The third kappa shape index (κ3) is 3.38. The first-order valence-electron chi connectivity index (χ1n) is 6.46. The van der Waals surface area contributed by atoms with Crippen molar-refractivity contribution >= 4 is 5.97 Å². The average Bonchev–Trinajstić information content (AvgIpc) is 2.83. The van der Waals surface area contributed by atoms with Crippen molar-refractivity contribution < 1.29 is 19.7 Å². The van der Waals surface area contributed by atoms with Gasteiger partial charge in [0.2, 0.25) is 0 Å². The molecule has 1 fully saturated rings. The van der Waals surface area contributed by atoms with Gasteiger partial charge in [0.15, 0.2) is 0 Å². The van der Waals surface area contributed by atoms with Crippen LogP contribution in [-0.2, 0) is 9.53 Å². The zero-order valence-corrected chi connectivity index (χ0v) is 11.4. The Balaban J connectivity index is 2.19. The lowest BCUT2D eigenvalue weighted by Crippen LogP contribution is -2.40. The van der Waals surface area contributed by atoms with E-state index in [-0.39, 0.29) is 13.2 Å². The molecular formula is C12H17N3O6. The summed E-state index contributed by atoms with van der Waals surface area (Å²) in [6.07, 6.45) is 0.411. The smallest absolute Gasteiger partial charge is 0.330 e. The van der Waals surface area contributed by atoms with Gasteiger partial charge in [-0.05, 0) is 6.92 Å². The Hall–Kier alpha value is -1.97. The topological polar surface area (TPSA) is 134 Å². The van der Waals surface area contributed by atoms with Crippen LogP contribution in [0, 0.1) is 6.92 Å². The van der Waals surface area contributed by atoms with Crippen LogP contribution in [0.1, 0.15) is 18.2 Å². The number of hydrogen-bond donors (Lipinski definition) is 4. The van der Waals surface area contributed by atoms with E-state index in [0.29, 0.717) is 12.0 Å². The minimum Gasteiger partial charge on any atom is -0.480 e. The quantitative estimate of drug-likeness (QED) is 0.502. The van der Waals surface area contributed by atoms with Crippen molar-refractivity contribution in [3.05, 3.63) is 32.6 Å². The number of carboxylic acids is 1. The van der Waals surface area contributed by atoms with Gasteiger partial charge in [-0.25, -0.2) is 4.79 Å². The first-order chi connectivity index (χ1) is 9.92. The predicted octanol–water partition coefficient (Wildman–Crippen LogP) is -1.83. The molecule has 0 saturated carbocycles. The molecule has 21 heavy (non-hydrogen) atoms. The normalized spacial score (nSPS) is 25.1. The number of ether oxygens (including phenoxy) is 1. The van der Waals surface area contributed by atoms with Crippen LogP contribution in [-0.4, -0.2) is 51.0 Å². The van der Waals surface area contributed by atoms with Crippen LogP contribution in [0.15, 0.2) is 15.8 Å². The maximum atomic E-state index is 11.8. The molecule has 0 unspecified atom stereocenters. The lowest BCUT2D eigenvalue weighted by molar-refractivity contribution is -0.136. The largest absolute Gasteiger partial charge is 0.480 e. The summed E-state index contributed by atoms with van der Waals surface area (Å²) in [7, 11) is 0. The van der Waals surface area contributed by atoms with Crippen LogP contribution in [0.2, 0.25) is 0 Å². The van der Waals surface area contributed by atoms with Gasteiger partial charge in [0.1, 0.15) is 6.23 Å². The Morgan fingerprint density at radius 3 is 2.90 bits per heavy atom. The Labute approximate surface area is 119 Å². The molecule has 2 heterocycles. The highest BCUT2D eigenvalue weighted by Crippen LogP contribution is 2.27. The van der Waals surface area contributed by atoms with Crippen LogP contribution in [0.4, 0.5) is 0 Å². The molecule has 0 amide bonds. The minimum absolute atomic E-state index is 0.267. The summed E-state index contributed by atoms with van der Waals surface area (Å²) in [4.78, 5) is 35.9. The standard InChI is InChI=1S/C12H17N3O6/c1-6-4-15(12(20)14-11(6)19)9-2-7(8(5-16)21-9)13-3-10(17)18/h4,7-9,13,16H,2-3,5H2,1H3,(H,17,18)(H,14,19,20)/t7-,8+,9+/m0/s1. The summed E-state index contributed by atoms with van der Waals surface area (Å²) in [5, 5.41) is 20.7. The van der Waals surface area contributed by atoms with Crippen molar-refractivity contribution in [3.8, 4) is 0 Å². The number of hydrogen-bond acceptors (Lipinski definition) is 6. The van der Waals surface area contributed by atoms with E-state index >= 15 is 0 Å². The van der Waals surface area contributed by atoms with Gasteiger partial charge >= 0.3 is 11.7 Å². The molecule has 1 aromatic heterocycles. The fraction of sp³-hybridized carbons (Fsp3) is 0.583. The second-order valence-corrected chi connectivity index (χ2v) is 4.91. The Morgan fingerprint density at radius 2 is 2.29 bits per heavy atom. The van der Waals surface area contributed by atoms with Crippen LogP contribution >= 0.6 is 0 Å². The molecule has 9 heteroatoms. The SMILES string of the molecule is Cc1cn([C@H]2C[C@H](NCC(=O)O)[C@@H](CO)O2)c(=O)[nH]c1=O. The summed E-state index contributed by atoms with van der Waals surface area (Å²) in [6, 6.07) is -0.393. The zero-order valence-electron chi connectivity index (χ0n) is 11.4. The number of aromatic amines is 1. The summed E-state index contributed by atoms with van der Waals surface area (Å²) in [5.41, 5.74) is -0.708. The van der Waals surface area contributed by atoms with E-state index < -0.39 is 35.6 Å². The fourth-order valence-electron chi connectivity index (χ4n) is 2.30. The zero-order chi connectivity index (χ0) is 15.6.